The molecule has 3 heterocycles. The lowest BCUT2D eigenvalue weighted by Crippen LogP contribution is -2.16. The van der Waals surface area contributed by atoms with Gasteiger partial charge in [0, 0.05) is 27.4 Å². The van der Waals surface area contributed by atoms with Crippen LogP contribution in [0.4, 0.5) is 19.0 Å². The van der Waals surface area contributed by atoms with E-state index in [2.05, 4.69) is 20.5 Å². The molecule has 0 bridgehead atoms. The number of carbonyl (C=O) groups is 1. The van der Waals surface area contributed by atoms with Crippen molar-refractivity contribution in [1.29, 1.82) is 0 Å². The molecule has 7 nitrogen and oxygen atoms in total. The van der Waals surface area contributed by atoms with Crippen LogP contribution in [0.15, 0.2) is 60.9 Å². The van der Waals surface area contributed by atoms with E-state index in [1.807, 2.05) is 26.0 Å². The Morgan fingerprint density at radius 3 is 2.33 bits per heavy atom. The second kappa shape index (κ2) is 10.8. The third-order valence-corrected chi connectivity index (χ3v) is 7.20. The van der Waals surface area contributed by atoms with Gasteiger partial charge in [-0.15, -0.1) is 0 Å². The van der Waals surface area contributed by atoms with Crippen molar-refractivity contribution < 1.29 is 18.0 Å². The van der Waals surface area contributed by atoms with Gasteiger partial charge in [-0.25, -0.2) is 9.50 Å². The predicted octanol–water partition coefficient (Wildman–Crippen LogP) is 8.00. The van der Waals surface area contributed by atoms with Gasteiger partial charge in [0.15, 0.2) is 17.2 Å². The molecule has 0 atom stereocenters. The molecule has 0 spiro atoms. The Morgan fingerprint density at radius 1 is 1.02 bits per heavy atom. The minimum Gasteiger partial charge on any atom is -0.304 e. The quantitative estimate of drug-likeness (QED) is 0.212. The molecule has 13 heteroatoms. The Kier molecular flexibility index (Phi) is 7.52. The van der Waals surface area contributed by atoms with Gasteiger partial charge < -0.3 is 5.32 Å². The van der Waals surface area contributed by atoms with Crippen molar-refractivity contribution in [3.8, 4) is 11.3 Å². The number of nitrogens with one attached hydrogen (secondary N) is 1. The average molecular weight is 608 g/mol. The summed E-state index contributed by atoms with van der Waals surface area (Å²) in [5.74, 6) is -0.547. The Balaban J connectivity index is 1.49. The molecule has 0 fully saturated rings. The van der Waals surface area contributed by atoms with Crippen molar-refractivity contribution in [1.82, 2.24) is 24.4 Å². The highest BCUT2D eigenvalue weighted by Crippen LogP contribution is 2.33. The maximum absolute atomic E-state index is 14.0. The summed E-state index contributed by atoms with van der Waals surface area (Å²) in [6, 6.07) is 13.0. The molecule has 206 valence electrons. The van der Waals surface area contributed by atoms with Gasteiger partial charge in [-0.2, -0.15) is 23.4 Å². The normalized spacial score (nSPS) is 11.9. The van der Waals surface area contributed by atoms with Crippen molar-refractivity contribution in [2.24, 2.45) is 0 Å². The van der Waals surface area contributed by atoms with Gasteiger partial charge in [-0.1, -0.05) is 79.0 Å². The van der Waals surface area contributed by atoms with E-state index in [0.717, 1.165) is 17.8 Å². The summed E-state index contributed by atoms with van der Waals surface area (Å²) in [6.45, 7) is 4.19. The van der Waals surface area contributed by atoms with E-state index in [0.29, 0.717) is 25.7 Å². The van der Waals surface area contributed by atoms with Gasteiger partial charge in [-0.3, -0.25) is 9.48 Å². The SMILES string of the molecule is CC(C)c1ccc(-c2cc(C(F)(F)F)n3ncc(C(=O)Nc4nn(Cc5c(Cl)cccc5Cl)cc4Cl)c3n2)cc1. The molecular formula is C27H20Cl3F3N6O. The van der Waals surface area contributed by atoms with E-state index in [-0.39, 0.29) is 40.2 Å². The lowest BCUT2D eigenvalue weighted by atomic mass is 10.0. The monoisotopic (exact) mass is 606 g/mol. The fourth-order valence-corrected chi connectivity index (χ4v) is 4.81. The third kappa shape index (κ3) is 5.52. The Bertz CT molecular complexity index is 1710. The van der Waals surface area contributed by atoms with Crippen LogP contribution in [-0.2, 0) is 12.7 Å². The number of anilines is 1. The molecule has 0 aliphatic rings. The van der Waals surface area contributed by atoms with E-state index >= 15 is 0 Å². The van der Waals surface area contributed by atoms with Crippen LogP contribution in [0.2, 0.25) is 15.1 Å². The summed E-state index contributed by atoms with van der Waals surface area (Å²) in [6.07, 6.45) is -2.27. The second-order valence-corrected chi connectivity index (χ2v) is 10.5. The smallest absolute Gasteiger partial charge is 0.304 e. The molecule has 1 amide bonds. The number of halogens is 6. The van der Waals surface area contributed by atoms with Crippen molar-refractivity contribution >= 4 is 52.2 Å². The zero-order chi connectivity index (χ0) is 28.8. The predicted molar refractivity (Wildman–Crippen MR) is 148 cm³/mol. The minimum atomic E-state index is -4.75. The highest BCUT2D eigenvalue weighted by Gasteiger charge is 2.36. The van der Waals surface area contributed by atoms with Crippen LogP contribution in [0.3, 0.4) is 0 Å². The lowest BCUT2D eigenvalue weighted by molar-refractivity contribution is -0.142. The van der Waals surface area contributed by atoms with Gasteiger partial charge in [0.1, 0.15) is 10.6 Å². The van der Waals surface area contributed by atoms with Crippen LogP contribution in [0.25, 0.3) is 16.9 Å². The van der Waals surface area contributed by atoms with Crippen molar-refractivity contribution in [3.05, 3.63) is 98.4 Å². The van der Waals surface area contributed by atoms with Gasteiger partial charge in [-0.05, 0) is 29.7 Å². The molecular weight excluding hydrogens is 588 g/mol. The first kappa shape index (κ1) is 27.9. The Hall–Kier alpha value is -3.60. The Labute approximate surface area is 241 Å². The zero-order valence-corrected chi connectivity index (χ0v) is 23.2. The first-order valence-electron chi connectivity index (χ1n) is 12.0. The van der Waals surface area contributed by atoms with Gasteiger partial charge in [0.05, 0.1) is 18.4 Å². The third-order valence-electron chi connectivity index (χ3n) is 6.21. The minimum absolute atomic E-state index is 0.00864. The number of aromatic nitrogens is 5. The number of amides is 1. The summed E-state index contributed by atoms with van der Waals surface area (Å²) in [5, 5.41) is 11.6. The number of rotatable bonds is 6. The Morgan fingerprint density at radius 2 is 1.70 bits per heavy atom. The molecule has 2 aromatic carbocycles. The number of benzene rings is 2. The molecule has 0 aliphatic carbocycles. The largest absolute Gasteiger partial charge is 0.433 e. The molecule has 0 radical (unpaired) electrons. The number of hydrogen-bond donors (Lipinski definition) is 1. The summed E-state index contributed by atoms with van der Waals surface area (Å²) < 4.78 is 44.0. The fourth-order valence-electron chi connectivity index (χ4n) is 4.09. The first-order chi connectivity index (χ1) is 18.9. The van der Waals surface area contributed by atoms with E-state index in [1.54, 1.807) is 30.3 Å². The molecule has 0 saturated carbocycles. The summed E-state index contributed by atoms with van der Waals surface area (Å²) >= 11 is 18.8. The van der Waals surface area contributed by atoms with Crippen molar-refractivity contribution in [2.75, 3.05) is 5.32 Å². The van der Waals surface area contributed by atoms with Crippen LogP contribution in [0.5, 0.6) is 0 Å². The maximum atomic E-state index is 14.0. The number of carbonyl (C=O) groups excluding carboxylic acids is 1. The summed E-state index contributed by atoms with van der Waals surface area (Å²) in [7, 11) is 0. The number of hydrogen-bond acceptors (Lipinski definition) is 4. The zero-order valence-electron chi connectivity index (χ0n) is 21.0. The number of fused-ring (bicyclic) bond motifs is 1. The van der Waals surface area contributed by atoms with Crippen LogP contribution < -0.4 is 5.32 Å². The van der Waals surface area contributed by atoms with E-state index < -0.39 is 17.8 Å². The standard InChI is InChI=1S/C27H20Cl3F3N6O/c1-14(2)15-6-8-16(9-7-15)22-10-23(27(31,32)33)39-25(35-22)17(11-34-39)26(40)36-24-21(30)13-38(37-24)12-18-19(28)4-3-5-20(18)29/h3-11,13-14H,12H2,1-2H3,(H,36,37,40). The summed E-state index contributed by atoms with van der Waals surface area (Å²) in [5.41, 5.74) is 0.605. The van der Waals surface area contributed by atoms with Crippen LogP contribution in [0, 0.1) is 0 Å². The molecule has 3 aromatic heterocycles. The second-order valence-electron chi connectivity index (χ2n) is 9.27. The molecule has 0 saturated heterocycles. The number of nitrogens with zero attached hydrogens (tertiary/aromatic N) is 5. The number of alkyl halides is 3. The van der Waals surface area contributed by atoms with Gasteiger partial charge >= 0.3 is 6.18 Å². The molecule has 5 aromatic rings. The van der Waals surface area contributed by atoms with Gasteiger partial charge in [0.2, 0.25) is 0 Å². The van der Waals surface area contributed by atoms with Crippen molar-refractivity contribution in [2.45, 2.75) is 32.5 Å². The lowest BCUT2D eigenvalue weighted by Gasteiger charge is -2.12. The molecule has 0 unspecified atom stereocenters. The topological polar surface area (TPSA) is 77.1 Å². The summed E-state index contributed by atoms with van der Waals surface area (Å²) in [4.78, 5) is 17.6. The molecule has 0 aliphatic heterocycles. The van der Waals surface area contributed by atoms with E-state index in [1.165, 1.54) is 10.9 Å². The van der Waals surface area contributed by atoms with E-state index in [4.69, 9.17) is 34.8 Å². The molecule has 1 N–H and O–H groups in total. The van der Waals surface area contributed by atoms with E-state index in [9.17, 15) is 18.0 Å². The van der Waals surface area contributed by atoms with Crippen LogP contribution in [0.1, 0.15) is 46.9 Å². The van der Waals surface area contributed by atoms with Crippen LogP contribution >= 0.6 is 34.8 Å². The first-order valence-corrected chi connectivity index (χ1v) is 13.1. The average Bonchev–Trinajstić information content (AvgIpc) is 3.48. The fraction of sp³-hybridized carbons (Fsp3) is 0.185. The van der Waals surface area contributed by atoms with Crippen molar-refractivity contribution in [3.63, 3.8) is 0 Å². The highest BCUT2D eigenvalue weighted by molar-refractivity contribution is 6.36. The van der Waals surface area contributed by atoms with Crippen LogP contribution in [-0.4, -0.2) is 30.3 Å². The highest BCUT2D eigenvalue weighted by atomic mass is 35.5. The molecule has 5 rings (SSSR count). The van der Waals surface area contributed by atoms with Gasteiger partial charge in [0.25, 0.3) is 5.91 Å². The maximum Gasteiger partial charge on any atom is 0.433 e. The molecule has 40 heavy (non-hydrogen) atoms.